The first-order valence-electron chi connectivity index (χ1n) is 4.18. The van der Waals surface area contributed by atoms with E-state index in [0.29, 0.717) is 0 Å². The van der Waals surface area contributed by atoms with Crippen molar-refractivity contribution in [2.24, 2.45) is 0 Å². The first-order valence-corrected chi connectivity index (χ1v) is 4.18. The molecule has 1 nitrogen and oxygen atoms in total. The van der Waals surface area contributed by atoms with Gasteiger partial charge in [-0.15, -0.1) is 0 Å². The summed E-state index contributed by atoms with van der Waals surface area (Å²) < 4.78 is 0. The van der Waals surface area contributed by atoms with Gasteiger partial charge in [0, 0.05) is 11.1 Å². The van der Waals surface area contributed by atoms with Crippen LogP contribution in [0.5, 0.6) is 0 Å². The van der Waals surface area contributed by atoms with E-state index >= 15 is 0 Å². The third-order valence-corrected chi connectivity index (χ3v) is 2.16. The zero-order chi connectivity index (χ0) is 8.55. The smallest absolute Gasteiger partial charge is 0.190 e. The van der Waals surface area contributed by atoms with Gasteiger partial charge in [-0.3, -0.25) is 4.79 Å². The Hall–Kier alpha value is -1.37. The Morgan fingerprint density at radius 1 is 1.17 bits per heavy atom. The lowest BCUT2D eigenvalue weighted by atomic mass is 10.2. The van der Waals surface area contributed by atoms with Crippen molar-refractivity contribution in [1.29, 1.82) is 0 Å². The molecule has 0 atom stereocenters. The summed E-state index contributed by atoms with van der Waals surface area (Å²) in [5, 5.41) is 0. The molecule has 2 rings (SSSR count). The van der Waals surface area contributed by atoms with Crippen molar-refractivity contribution in [3.8, 4) is 11.1 Å². The Morgan fingerprint density at radius 3 is 2.33 bits per heavy atom. The predicted octanol–water partition coefficient (Wildman–Crippen LogP) is 2.15. The van der Waals surface area contributed by atoms with Crippen molar-refractivity contribution in [2.45, 2.75) is 13.3 Å². The Morgan fingerprint density at radius 2 is 1.83 bits per heavy atom. The van der Waals surface area contributed by atoms with E-state index in [1.54, 1.807) is 0 Å². The maximum atomic E-state index is 11.2. The first-order chi connectivity index (χ1) is 5.84. The van der Waals surface area contributed by atoms with Gasteiger partial charge in [-0.1, -0.05) is 37.3 Å². The van der Waals surface area contributed by atoms with E-state index in [-0.39, 0.29) is 5.43 Å². The molecule has 0 aliphatic heterocycles. The van der Waals surface area contributed by atoms with Crippen molar-refractivity contribution >= 4 is 0 Å². The van der Waals surface area contributed by atoms with Gasteiger partial charge in [-0.05, 0) is 12.0 Å². The van der Waals surface area contributed by atoms with E-state index in [2.05, 4.69) is 0 Å². The molecule has 0 aliphatic carbocycles. The Labute approximate surface area is 71.3 Å². The third-order valence-electron chi connectivity index (χ3n) is 2.16. The van der Waals surface area contributed by atoms with Gasteiger partial charge >= 0.3 is 0 Å². The highest BCUT2D eigenvalue weighted by Gasteiger charge is 2.20. The molecule has 0 aromatic heterocycles. The van der Waals surface area contributed by atoms with Crippen molar-refractivity contribution in [3.63, 3.8) is 0 Å². The van der Waals surface area contributed by atoms with Gasteiger partial charge in [0.15, 0.2) is 5.43 Å². The van der Waals surface area contributed by atoms with E-state index in [1.165, 1.54) is 0 Å². The Kier molecular flexibility index (Phi) is 1.58. The summed E-state index contributed by atoms with van der Waals surface area (Å²) in [6.07, 6.45) is 0.864. The highest BCUT2D eigenvalue weighted by molar-refractivity contribution is 5.75. The largest absolute Gasteiger partial charge is 0.289 e. The molecule has 2 aromatic carbocycles. The minimum atomic E-state index is 0.253. The van der Waals surface area contributed by atoms with Gasteiger partial charge in [0.25, 0.3) is 0 Å². The van der Waals surface area contributed by atoms with Crippen LogP contribution >= 0.6 is 0 Å². The lowest BCUT2D eigenvalue weighted by Crippen LogP contribution is -1.77. The maximum Gasteiger partial charge on any atom is 0.190 e. The van der Waals surface area contributed by atoms with Crippen LogP contribution in [0.15, 0.2) is 35.1 Å². The van der Waals surface area contributed by atoms with Crippen molar-refractivity contribution in [3.05, 3.63) is 46.1 Å². The highest BCUT2D eigenvalue weighted by atomic mass is 16.1. The molecule has 0 fully saturated rings. The minimum Gasteiger partial charge on any atom is -0.289 e. The molecule has 0 spiro atoms. The second-order valence-electron chi connectivity index (χ2n) is 2.90. The summed E-state index contributed by atoms with van der Waals surface area (Å²) in [6, 6.07) is 9.84. The summed E-state index contributed by atoms with van der Waals surface area (Å²) in [4.78, 5) is 11.2. The molecule has 0 saturated heterocycles. The molecule has 0 amide bonds. The molecule has 0 saturated carbocycles. The van der Waals surface area contributed by atoms with Gasteiger partial charge in [-0.2, -0.15) is 0 Å². The highest BCUT2D eigenvalue weighted by Crippen LogP contribution is 2.24. The van der Waals surface area contributed by atoms with Crippen molar-refractivity contribution < 1.29 is 0 Å². The topological polar surface area (TPSA) is 17.1 Å². The number of rotatable bonds is 2. The molecule has 0 aliphatic rings. The summed E-state index contributed by atoms with van der Waals surface area (Å²) in [5.41, 5.74) is 3.27. The lowest BCUT2D eigenvalue weighted by Gasteiger charge is -1.88. The molecule has 0 unspecified atom stereocenters. The lowest BCUT2D eigenvalue weighted by molar-refractivity contribution is 1.18. The van der Waals surface area contributed by atoms with Crippen LogP contribution in [0.3, 0.4) is 0 Å². The van der Waals surface area contributed by atoms with Crippen LogP contribution in [-0.2, 0) is 6.42 Å². The second kappa shape index (κ2) is 2.59. The van der Waals surface area contributed by atoms with Gasteiger partial charge in [-0.25, -0.2) is 0 Å². The average Bonchev–Trinajstić information content (AvgIpc) is 2.78. The molecular formula is C11H10O. The van der Waals surface area contributed by atoms with Crippen LogP contribution in [0, 0.1) is 0 Å². The van der Waals surface area contributed by atoms with Gasteiger partial charge in [0.2, 0.25) is 0 Å². The summed E-state index contributed by atoms with van der Waals surface area (Å²) in [6.45, 7) is 2.02. The van der Waals surface area contributed by atoms with E-state index < -0.39 is 0 Å². The van der Waals surface area contributed by atoms with Crippen LogP contribution in [0.2, 0.25) is 0 Å². The van der Waals surface area contributed by atoms with Gasteiger partial charge in [0.05, 0.1) is 0 Å². The van der Waals surface area contributed by atoms with Crippen LogP contribution in [0.1, 0.15) is 12.5 Å². The zero-order valence-electron chi connectivity index (χ0n) is 7.00. The molecule has 12 heavy (non-hydrogen) atoms. The molecule has 0 N–H and O–H groups in total. The first kappa shape index (κ1) is 7.29. The van der Waals surface area contributed by atoms with Crippen LogP contribution in [0.25, 0.3) is 11.1 Å². The van der Waals surface area contributed by atoms with E-state index in [4.69, 9.17) is 0 Å². The van der Waals surface area contributed by atoms with Crippen LogP contribution < -0.4 is 5.43 Å². The quantitative estimate of drug-likeness (QED) is 0.654. The SMILES string of the molecule is CCc1c(-c2ccccc2)c1=O. The Balaban J connectivity index is 2.40. The van der Waals surface area contributed by atoms with E-state index in [9.17, 15) is 4.79 Å². The molecular weight excluding hydrogens is 148 g/mol. The number of benzene rings is 1. The number of hydrogen-bond acceptors (Lipinski definition) is 1. The normalized spacial score (nSPS) is 10.8. The van der Waals surface area contributed by atoms with Crippen molar-refractivity contribution in [1.82, 2.24) is 0 Å². The van der Waals surface area contributed by atoms with E-state index in [1.807, 2.05) is 37.3 Å². The molecule has 0 heterocycles. The molecule has 0 radical (unpaired) electrons. The zero-order valence-corrected chi connectivity index (χ0v) is 7.00. The summed E-state index contributed by atoms with van der Waals surface area (Å²) >= 11 is 0. The molecule has 2 aromatic rings. The third kappa shape index (κ3) is 0.981. The fourth-order valence-electron chi connectivity index (χ4n) is 1.45. The van der Waals surface area contributed by atoms with Crippen molar-refractivity contribution in [2.75, 3.05) is 0 Å². The van der Waals surface area contributed by atoms with Crippen LogP contribution in [-0.4, -0.2) is 0 Å². The van der Waals surface area contributed by atoms with Gasteiger partial charge in [0.1, 0.15) is 0 Å². The summed E-state index contributed by atoms with van der Waals surface area (Å²) in [5.74, 6) is 0. The monoisotopic (exact) mass is 158 g/mol. The van der Waals surface area contributed by atoms with Crippen LogP contribution in [0.4, 0.5) is 0 Å². The standard InChI is InChI=1S/C11H10O/c1-2-9-10(11(9)12)8-6-4-3-5-7-8/h3-7H,2H2,1H3. The Bertz CT molecular complexity index is 391. The minimum absolute atomic E-state index is 0.253. The fraction of sp³-hybridized carbons (Fsp3) is 0.182. The average molecular weight is 158 g/mol. The summed E-state index contributed by atoms with van der Waals surface area (Å²) in [7, 11) is 0. The second-order valence-corrected chi connectivity index (χ2v) is 2.90. The predicted molar refractivity (Wildman–Crippen MR) is 49.9 cm³/mol. The molecule has 0 bridgehead atoms. The molecule has 1 heteroatoms. The maximum absolute atomic E-state index is 11.2. The molecule has 60 valence electrons. The van der Waals surface area contributed by atoms with E-state index in [0.717, 1.165) is 23.1 Å². The fourth-order valence-corrected chi connectivity index (χ4v) is 1.45. The van der Waals surface area contributed by atoms with Gasteiger partial charge < -0.3 is 0 Å². The number of hydrogen-bond donors (Lipinski definition) is 0.